The van der Waals surface area contributed by atoms with Crippen LogP contribution in [0.1, 0.15) is 1.43 Å². The van der Waals surface area contributed by atoms with Crippen molar-refractivity contribution in [3.05, 3.63) is 6.33 Å². The quantitative estimate of drug-likeness (QED) is 0.454. The summed E-state index contributed by atoms with van der Waals surface area (Å²) in [6.45, 7) is 0. The van der Waals surface area contributed by atoms with Crippen LogP contribution in [0.25, 0.3) is 0 Å². The molecule has 0 aliphatic carbocycles. The summed E-state index contributed by atoms with van der Waals surface area (Å²) in [5.41, 5.74) is 0. The fourth-order valence-electron chi connectivity index (χ4n) is 0.344. The Kier molecular flexibility index (Phi) is 3.97. The molecule has 1 heterocycles. The molecule has 11 heavy (non-hydrogen) atoms. The van der Waals surface area contributed by atoms with Gasteiger partial charge in [-0.05, 0) is 0 Å². The van der Waals surface area contributed by atoms with Crippen molar-refractivity contribution in [2.75, 3.05) is 0 Å². The van der Waals surface area contributed by atoms with Crippen molar-refractivity contribution in [2.45, 2.75) is 0 Å². The Morgan fingerprint density at radius 2 is 2.36 bits per heavy atom. The van der Waals surface area contributed by atoms with Crippen LogP contribution in [0.5, 0.6) is 6.01 Å². The normalized spacial score (nSPS) is 10.3. The fraction of sp³-hybridized carbons (Fsp3) is 0. The molecule has 7 nitrogen and oxygen atoms in total. The number of nitrogens with one attached hydrogen (secondary N) is 1. The second-order valence-electron chi connectivity index (χ2n) is 1.37. The molecule has 1 rings (SSSR count). The zero-order valence-electron chi connectivity index (χ0n) is 6.68. The molecule has 0 aromatic carbocycles. The Bertz CT molecular complexity index is 298. The predicted octanol–water partition coefficient (Wildman–Crippen LogP) is -4.50. The second kappa shape index (κ2) is 4.02. The van der Waals surface area contributed by atoms with Crippen molar-refractivity contribution in [1.29, 1.82) is 0 Å². The van der Waals surface area contributed by atoms with Gasteiger partial charge in [-0.25, -0.2) is 5.10 Å². The van der Waals surface area contributed by atoms with Crippen molar-refractivity contribution >= 4 is 10.3 Å². The summed E-state index contributed by atoms with van der Waals surface area (Å²) in [5.74, 6) is 0. The molecule has 58 valence electrons. The molecule has 0 amide bonds. The van der Waals surface area contributed by atoms with Crippen LogP contribution in [0.15, 0.2) is 6.33 Å². The molecular weight excluding hydrogens is 183 g/mol. The van der Waals surface area contributed by atoms with E-state index in [1.807, 2.05) is 0 Å². The Morgan fingerprint density at radius 1 is 1.73 bits per heavy atom. The summed E-state index contributed by atoms with van der Waals surface area (Å²) in [4.78, 5) is 3.35. The zero-order chi connectivity index (χ0) is 7.61. The molecule has 0 fully saturated rings. The number of nitrogens with zero attached hydrogens (tertiary/aromatic N) is 2. The Morgan fingerprint density at radius 3 is 2.73 bits per heavy atom. The molecular formula is C2H5N4NaO3S. The van der Waals surface area contributed by atoms with E-state index in [1.165, 1.54) is 0 Å². The molecule has 0 aliphatic rings. The molecule has 0 radical (unpaired) electrons. The molecule has 1 aromatic heterocycles. The van der Waals surface area contributed by atoms with E-state index < -0.39 is 10.3 Å². The van der Waals surface area contributed by atoms with Crippen LogP contribution >= 0.6 is 0 Å². The largest absolute Gasteiger partial charge is 1.00 e. The molecule has 0 saturated carbocycles. The standard InChI is InChI=1S/C2H4N4O3S.Na.H/c3-10(7,8)9-2-4-1-5-6-2;;/h1H,(H2,3,7,8)(H,4,5,6);;/q;+1;-1. The molecule has 0 aliphatic heterocycles. The maximum absolute atomic E-state index is 10.2. The van der Waals surface area contributed by atoms with Crippen LogP contribution in [-0.2, 0) is 10.3 Å². The first kappa shape index (κ1) is 10.8. The van der Waals surface area contributed by atoms with Crippen LogP contribution in [0.2, 0.25) is 0 Å². The monoisotopic (exact) mass is 188 g/mol. The summed E-state index contributed by atoms with van der Waals surface area (Å²) in [6.07, 6.45) is 1.10. The van der Waals surface area contributed by atoms with Gasteiger partial charge in [-0.3, -0.25) is 0 Å². The van der Waals surface area contributed by atoms with E-state index in [-0.39, 0.29) is 37.0 Å². The van der Waals surface area contributed by atoms with Crippen LogP contribution < -0.4 is 38.9 Å². The molecule has 9 heteroatoms. The van der Waals surface area contributed by atoms with Gasteiger partial charge >= 0.3 is 45.9 Å². The first-order valence-corrected chi connectivity index (χ1v) is 3.62. The molecule has 0 bridgehead atoms. The summed E-state index contributed by atoms with van der Waals surface area (Å²) < 4.78 is 24.4. The molecule has 1 aromatic rings. The van der Waals surface area contributed by atoms with Gasteiger partial charge in [-0.15, -0.1) is 0 Å². The van der Waals surface area contributed by atoms with Crippen LogP contribution in [0, 0.1) is 0 Å². The number of hydrogen-bond acceptors (Lipinski definition) is 5. The van der Waals surface area contributed by atoms with E-state index in [4.69, 9.17) is 0 Å². The van der Waals surface area contributed by atoms with E-state index in [0.29, 0.717) is 0 Å². The van der Waals surface area contributed by atoms with Gasteiger partial charge in [-0.1, -0.05) is 0 Å². The summed E-state index contributed by atoms with van der Waals surface area (Å²) in [5, 5.41) is 9.97. The minimum atomic E-state index is -3.98. The van der Waals surface area contributed by atoms with Crippen LogP contribution in [0.4, 0.5) is 0 Å². The predicted molar refractivity (Wildman–Crippen MR) is 31.2 cm³/mol. The molecule has 3 N–H and O–H groups in total. The summed E-state index contributed by atoms with van der Waals surface area (Å²) in [7, 11) is -3.98. The average Bonchev–Trinajstić information content (AvgIpc) is 2.12. The van der Waals surface area contributed by atoms with Gasteiger partial charge in [-0.2, -0.15) is 23.6 Å². The maximum atomic E-state index is 10.2. The number of H-pyrrole nitrogens is 1. The van der Waals surface area contributed by atoms with E-state index in [1.54, 1.807) is 0 Å². The first-order valence-electron chi connectivity index (χ1n) is 2.15. The molecule has 0 atom stereocenters. The van der Waals surface area contributed by atoms with Crippen molar-refractivity contribution in [3.8, 4) is 6.01 Å². The minimum absolute atomic E-state index is 0. The van der Waals surface area contributed by atoms with Crippen molar-refractivity contribution < 1.29 is 43.6 Å². The number of hydrogen-bond donors (Lipinski definition) is 2. The Labute approximate surface area is 86.4 Å². The van der Waals surface area contributed by atoms with Crippen molar-refractivity contribution in [3.63, 3.8) is 0 Å². The van der Waals surface area contributed by atoms with Crippen LogP contribution in [0.3, 0.4) is 0 Å². The summed E-state index contributed by atoms with van der Waals surface area (Å²) in [6, 6.07) is -0.248. The molecule has 0 saturated heterocycles. The van der Waals surface area contributed by atoms with Crippen LogP contribution in [-0.4, -0.2) is 23.6 Å². The maximum Gasteiger partial charge on any atom is 1.00 e. The average molecular weight is 188 g/mol. The van der Waals surface area contributed by atoms with Crippen molar-refractivity contribution in [1.82, 2.24) is 15.2 Å². The van der Waals surface area contributed by atoms with E-state index >= 15 is 0 Å². The van der Waals surface area contributed by atoms with Crippen molar-refractivity contribution in [2.24, 2.45) is 5.14 Å². The van der Waals surface area contributed by atoms with Gasteiger partial charge < -0.3 is 5.61 Å². The smallest absolute Gasteiger partial charge is 1.00 e. The zero-order valence-corrected chi connectivity index (χ0v) is 8.50. The van der Waals surface area contributed by atoms with Gasteiger partial charge in [0.1, 0.15) is 6.33 Å². The van der Waals surface area contributed by atoms with E-state index in [9.17, 15) is 8.42 Å². The minimum Gasteiger partial charge on any atom is -1.00 e. The molecule has 0 spiro atoms. The second-order valence-corrected chi connectivity index (χ2v) is 2.52. The Balaban J connectivity index is 0. The number of aromatic amines is 1. The molecule has 0 unspecified atom stereocenters. The van der Waals surface area contributed by atoms with Gasteiger partial charge in [0, 0.05) is 0 Å². The van der Waals surface area contributed by atoms with Gasteiger partial charge in [0.2, 0.25) is 0 Å². The van der Waals surface area contributed by atoms with Gasteiger partial charge in [0.25, 0.3) is 0 Å². The fourth-order valence-corrected chi connectivity index (χ4v) is 0.645. The summed E-state index contributed by atoms with van der Waals surface area (Å²) >= 11 is 0. The first-order chi connectivity index (χ1) is 4.58. The number of rotatable bonds is 2. The number of nitrogens with two attached hydrogens (primary N) is 1. The third kappa shape index (κ3) is 4.32. The SMILES string of the molecule is NS(=O)(=O)Oc1ncn[nH]1.[H-].[Na+]. The number of aromatic nitrogens is 3. The van der Waals surface area contributed by atoms with Gasteiger partial charge in [0.15, 0.2) is 0 Å². The topological polar surface area (TPSA) is 111 Å². The van der Waals surface area contributed by atoms with E-state index in [2.05, 4.69) is 24.5 Å². The third-order valence-corrected chi connectivity index (χ3v) is 0.978. The third-order valence-electron chi connectivity index (χ3n) is 0.588. The van der Waals surface area contributed by atoms with E-state index in [0.717, 1.165) is 6.33 Å². The Hall–Kier alpha value is -0.150. The van der Waals surface area contributed by atoms with Gasteiger partial charge in [0.05, 0.1) is 0 Å².